The topological polar surface area (TPSA) is 79.1 Å². The number of benzene rings is 13. The lowest BCUT2D eigenvalue weighted by Crippen LogP contribution is -2.07. The molecule has 0 atom stereocenters. The summed E-state index contributed by atoms with van der Waals surface area (Å²) in [6, 6.07) is 106. The van der Waals surface area contributed by atoms with Gasteiger partial charge in [0, 0.05) is 104 Å². The minimum Gasteiger partial charge on any atom is -0.309 e. The quantitative estimate of drug-likeness (QED) is 0.159. The van der Waals surface area contributed by atoms with Crippen LogP contribution in [0.5, 0.6) is 0 Å². The first-order chi connectivity index (χ1) is 46.4. The summed E-state index contributed by atoms with van der Waals surface area (Å²) in [5.74, 6) is 0.558. The zero-order valence-corrected chi connectivity index (χ0v) is 51.2. The monoisotopic (exact) mass is 1200 g/mol. The summed E-state index contributed by atoms with van der Waals surface area (Å²) in [7, 11) is 0. The van der Waals surface area contributed by atoms with E-state index in [0.717, 1.165) is 133 Å². The van der Waals surface area contributed by atoms with Crippen molar-refractivity contribution in [3.63, 3.8) is 0 Å². The molecule has 0 unspecified atom stereocenters. The van der Waals surface area contributed by atoms with Crippen LogP contribution >= 0.6 is 0 Å². The van der Waals surface area contributed by atoms with Gasteiger partial charge in [0.15, 0.2) is 5.82 Å². The summed E-state index contributed by atoms with van der Waals surface area (Å²) in [6.45, 7) is 4.08. The molecule has 9 heteroatoms. The first kappa shape index (κ1) is 52.0. The number of hydrogen-bond acceptors (Lipinski definition) is 3. The summed E-state index contributed by atoms with van der Waals surface area (Å²) < 4.78 is 14.2. The van der Waals surface area contributed by atoms with E-state index in [9.17, 15) is 5.26 Å². The molecular weight excluding hydrogens is 1150 g/mol. The van der Waals surface area contributed by atoms with Crippen LogP contribution in [0.1, 0.15) is 17.0 Å². The molecule has 0 fully saturated rings. The molecule has 0 spiro atoms. The summed E-state index contributed by atoms with van der Waals surface area (Å²) in [5, 5.41) is 26.0. The van der Waals surface area contributed by atoms with E-state index in [1.54, 1.807) is 0 Å². The molecule has 0 aliphatic carbocycles. The standard InChI is InChI=1S/C85H53N9/c1-51-43-52(2)88-85(87-51)70-49-79(93-81-45-54(89-71-27-11-3-19-58(71)59-20-4-12-28-72(59)89)35-39-66(81)67-40-36-55(46-82(67)93)90-73-29-13-5-21-60(73)61-22-6-14-30-74(61)90)53(50-86)44-80(70)94-83-47-56(91-75-31-15-7-23-62(75)63-24-8-16-32-76(63)91)37-41-68(83)69-42-38-57(48-84(69)94)92-77-33-17-9-25-64(77)65-26-10-18-34-78(65)92/h3-49H,1-2H3. The van der Waals surface area contributed by atoms with Crippen molar-refractivity contribution in [1.82, 2.24) is 37.4 Å². The lowest BCUT2D eigenvalue weighted by atomic mass is 10.0. The molecule has 9 nitrogen and oxygen atoms in total. The maximum absolute atomic E-state index is 12.3. The maximum Gasteiger partial charge on any atom is 0.161 e. The molecule has 0 saturated carbocycles. The average molecular weight is 1200 g/mol. The maximum atomic E-state index is 12.3. The fourth-order valence-electron chi connectivity index (χ4n) is 15.9. The SMILES string of the molecule is Cc1cc(C)nc(-c2cc(-n3c4cc(-n5c6ccccc6c6ccccc65)ccc4c4ccc(-n5c6ccccc6c6ccccc65)cc43)c(C#N)cc2-n2c3cc(-n4c5ccccc5c5ccccc54)ccc3c3ccc(-n4c5ccccc5c5ccccc54)cc32)n1. The van der Waals surface area contributed by atoms with Crippen LogP contribution in [0.25, 0.3) is 176 Å². The second-order valence-corrected chi connectivity index (χ2v) is 24.9. The molecule has 0 aliphatic heterocycles. The van der Waals surface area contributed by atoms with E-state index < -0.39 is 0 Å². The van der Waals surface area contributed by atoms with Crippen LogP contribution in [0.4, 0.5) is 0 Å². The number of nitriles is 1. The van der Waals surface area contributed by atoms with Crippen LogP contribution in [-0.4, -0.2) is 37.4 Å². The number of fused-ring (bicyclic) bond motifs is 18. The van der Waals surface area contributed by atoms with Gasteiger partial charge in [0.25, 0.3) is 0 Å². The molecular formula is C85H53N9. The van der Waals surface area contributed by atoms with Gasteiger partial charge in [0.05, 0.1) is 83.1 Å². The minimum absolute atomic E-state index is 0.485. The van der Waals surface area contributed by atoms with Gasteiger partial charge in [-0.1, -0.05) is 170 Å². The second-order valence-electron chi connectivity index (χ2n) is 24.9. The summed E-state index contributed by atoms with van der Waals surface area (Å²) in [4.78, 5) is 10.7. The zero-order valence-electron chi connectivity index (χ0n) is 51.2. The Kier molecular flexibility index (Phi) is 10.9. The smallest absolute Gasteiger partial charge is 0.161 e. The predicted octanol–water partition coefficient (Wildman–Crippen LogP) is 21.2. The Labute approximate surface area is 537 Å². The zero-order chi connectivity index (χ0) is 62.0. The molecule has 438 valence electrons. The van der Waals surface area contributed by atoms with Crippen molar-refractivity contribution in [3.8, 4) is 51.6 Å². The minimum atomic E-state index is 0.485. The van der Waals surface area contributed by atoms with Crippen molar-refractivity contribution < 1.29 is 0 Å². The van der Waals surface area contributed by atoms with Crippen molar-refractivity contribution in [2.24, 2.45) is 0 Å². The highest BCUT2D eigenvalue weighted by Crippen LogP contribution is 2.45. The molecule has 0 saturated heterocycles. The van der Waals surface area contributed by atoms with E-state index in [1.807, 2.05) is 19.9 Å². The molecule has 13 aromatic carbocycles. The third-order valence-electron chi connectivity index (χ3n) is 19.8. The molecule has 7 aromatic heterocycles. The summed E-state index contributed by atoms with van der Waals surface area (Å²) in [5.41, 5.74) is 21.3. The molecule has 0 amide bonds. The van der Waals surface area contributed by atoms with Crippen molar-refractivity contribution in [1.29, 1.82) is 5.26 Å². The highest BCUT2D eigenvalue weighted by molar-refractivity contribution is 6.17. The number of aryl methyl sites for hydroxylation is 2. The molecule has 0 bridgehead atoms. The highest BCUT2D eigenvalue weighted by Gasteiger charge is 2.27. The van der Waals surface area contributed by atoms with E-state index in [-0.39, 0.29) is 0 Å². The van der Waals surface area contributed by atoms with E-state index in [2.05, 4.69) is 313 Å². The Morgan fingerprint density at radius 2 is 0.489 bits per heavy atom. The van der Waals surface area contributed by atoms with Crippen LogP contribution < -0.4 is 0 Å². The lowest BCUT2D eigenvalue weighted by Gasteiger charge is -2.19. The summed E-state index contributed by atoms with van der Waals surface area (Å²) in [6.07, 6.45) is 0. The van der Waals surface area contributed by atoms with E-state index in [1.165, 1.54) is 43.1 Å². The Bertz CT molecular complexity index is 6150. The number of hydrogen-bond donors (Lipinski definition) is 0. The van der Waals surface area contributed by atoms with Crippen molar-refractivity contribution in [2.45, 2.75) is 13.8 Å². The van der Waals surface area contributed by atoms with Gasteiger partial charge in [-0.05, 0) is 129 Å². The highest BCUT2D eigenvalue weighted by atomic mass is 15.1. The number of nitrogens with zero attached hydrogens (tertiary/aromatic N) is 9. The van der Waals surface area contributed by atoms with Crippen LogP contribution in [0, 0.1) is 25.2 Å². The fraction of sp³-hybridized carbons (Fsp3) is 0.0235. The van der Waals surface area contributed by atoms with Crippen LogP contribution in [0.3, 0.4) is 0 Å². The number of para-hydroxylation sites is 8. The number of aromatic nitrogens is 8. The first-order valence-electron chi connectivity index (χ1n) is 31.9. The van der Waals surface area contributed by atoms with Crippen LogP contribution in [0.2, 0.25) is 0 Å². The third-order valence-corrected chi connectivity index (χ3v) is 19.8. The van der Waals surface area contributed by atoms with Crippen molar-refractivity contribution >= 4 is 131 Å². The molecule has 7 heterocycles. The van der Waals surface area contributed by atoms with E-state index in [0.29, 0.717) is 17.1 Å². The van der Waals surface area contributed by atoms with Gasteiger partial charge in [0.1, 0.15) is 6.07 Å². The van der Waals surface area contributed by atoms with Crippen LogP contribution in [0.15, 0.2) is 285 Å². The molecule has 20 rings (SSSR count). The lowest BCUT2D eigenvalue weighted by molar-refractivity contribution is 1.05. The van der Waals surface area contributed by atoms with E-state index in [4.69, 9.17) is 9.97 Å². The van der Waals surface area contributed by atoms with Gasteiger partial charge in [0.2, 0.25) is 0 Å². The Morgan fingerprint density at radius 1 is 0.245 bits per heavy atom. The van der Waals surface area contributed by atoms with Gasteiger partial charge >= 0.3 is 0 Å². The van der Waals surface area contributed by atoms with Gasteiger partial charge in [-0.3, -0.25) is 0 Å². The molecule has 0 radical (unpaired) electrons. The van der Waals surface area contributed by atoms with Crippen LogP contribution in [-0.2, 0) is 0 Å². The van der Waals surface area contributed by atoms with Gasteiger partial charge in [-0.25, -0.2) is 9.97 Å². The normalized spacial score (nSPS) is 12.1. The molecule has 20 aromatic rings. The van der Waals surface area contributed by atoms with Crippen molar-refractivity contribution in [2.75, 3.05) is 0 Å². The molecule has 94 heavy (non-hydrogen) atoms. The fourth-order valence-corrected chi connectivity index (χ4v) is 15.9. The Balaban J connectivity index is 0.917. The Hall–Kier alpha value is -12.8. The molecule has 0 aliphatic rings. The van der Waals surface area contributed by atoms with E-state index >= 15 is 0 Å². The number of rotatable bonds is 7. The van der Waals surface area contributed by atoms with Crippen molar-refractivity contribution in [3.05, 3.63) is 302 Å². The van der Waals surface area contributed by atoms with Gasteiger partial charge < -0.3 is 27.4 Å². The van der Waals surface area contributed by atoms with Gasteiger partial charge in [-0.15, -0.1) is 0 Å². The van der Waals surface area contributed by atoms with Gasteiger partial charge in [-0.2, -0.15) is 5.26 Å². The molecule has 0 N–H and O–H groups in total. The summed E-state index contributed by atoms with van der Waals surface area (Å²) >= 11 is 0. The third kappa shape index (κ3) is 7.33. The first-order valence-corrected chi connectivity index (χ1v) is 31.9. The largest absolute Gasteiger partial charge is 0.309 e. The Morgan fingerprint density at radius 3 is 0.755 bits per heavy atom. The predicted molar refractivity (Wildman–Crippen MR) is 388 cm³/mol. The average Bonchev–Trinajstić information content (AvgIpc) is 1.74. The second kappa shape index (κ2) is 19.6.